The fourth-order valence-corrected chi connectivity index (χ4v) is 3.35. The van der Waals surface area contributed by atoms with E-state index in [0.29, 0.717) is 0 Å². The van der Waals surface area contributed by atoms with E-state index >= 15 is 0 Å². The zero-order valence-corrected chi connectivity index (χ0v) is 13.1. The van der Waals surface area contributed by atoms with Crippen molar-refractivity contribution in [1.82, 2.24) is 4.90 Å². The van der Waals surface area contributed by atoms with E-state index in [-0.39, 0.29) is 11.6 Å². The second kappa shape index (κ2) is 5.82. The maximum Gasteiger partial charge on any atom is 0.134 e. The summed E-state index contributed by atoms with van der Waals surface area (Å²) in [7, 11) is 0. The Hall–Kier alpha value is -1.32. The molecule has 3 rings (SSSR count). The molecule has 1 aliphatic heterocycles. The Bertz CT molecular complexity index is 561. The molecule has 1 unspecified atom stereocenters. The third-order valence-corrected chi connectivity index (χ3v) is 4.93. The molecule has 0 amide bonds. The van der Waals surface area contributed by atoms with Gasteiger partial charge in [0.1, 0.15) is 11.3 Å². The molecule has 3 heteroatoms. The lowest BCUT2D eigenvalue weighted by Crippen LogP contribution is -2.51. The first-order valence-electron chi connectivity index (χ1n) is 8.08. The molecule has 0 saturated carbocycles. The summed E-state index contributed by atoms with van der Waals surface area (Å²) in [5, 5.41) is 1.13. The SMILES string of the molecule is CC(C)(C(N)c1cc2ccccc2o1)N1CCCCCC1. The molecule has 1 aromatic heterocycles. The van der Waals surface area contributed by atoms with Crippen LogP contribution in [-0.2, 0) is 0 Å². The summed E-state index contributed by atoms with van der Waals surface area (Å²) in [5.74, 6) is 0.894. The van der Waals surface area contributed by atoms with Crippen LogP contribution >= 0.6 is 0 Å². The highest BCUT2D eigenvalue weighted by molar-refractivity contribution is 5.77. The van der Waals surface area contributed by atoms with Crippen LogP contribution in [0.4, 0.5) is 0 Å². The molecular weight excluding hydrogens is 260 g/mol. The number of rotatable bonds is 3. The van der Waals surface area contributed by atoms with Crippen molar-refractivity contribution in [3.05, 3.63) is 36.1 Å². The quantitative estimate of drug-likeness (QED) is 0.924. The topological polar surface area (TPSA) is 42.4 Å². The largest absolute Gasteiger partial charge is 0.459 e. The van der Waals surface area contributed by atoms with E-state index < -0.39 is 0 Å². The summed E-state index contributed by atoms with van der Waals surface area (Å²) < 4.78 is 5.99. The number of furan rings is 1. The van der Waals surface area contributed by atoms with Gasteiger partial charge in [-0.05, 0) is 51.9 Å². The summed E-state index contributed by atoms with van der Waals surface area (Å²) >= 11 is 0. The molecule has 1 aromatic carbocycles. The van der Waals surface area contributed by atoms with Crippen molar-refractivity contribution in [2.75, 3.05) is 13.1 Å². The molecule has 3 nitrogen and oxygen atoms in total. The first-order valence-corrected chi connectivity index (χ1v) is 8.08. The summed E-state index contributed by atoms with van der Waals surface area (Å²) in [6.07, 6.45) is 5.23. The summed E-state index contributed by atoms with van der Waals surface area (Å²) in [6.45, 7) is 6.77. The molecule has 2 aromatic rings. The van der Waals surface area contributed by atoms with Crippen molar-refractivity contribution in [2.24, 2.45) is 5.73 Å². The van der Waals surface area contributed by atoms with Gasteiger partial charge in [-0.3, -0.25) is 4.90 Å². The number of fused-ring (bicyclic) bond motifs is 1. The highest BCUT2D eigenvalue weighted by Crippen LogP contribution is 2.33. The predicted octanol–water partition coefficient (Wildman–Crippen LogP) is 4.09. The Kier molecular flexibility index (Phi) is 4.05. The second-order valence-electron chi connectivity index (χ2n) is 6.72. The average Bonchev–Trinajstić information content (AvgIpc) is 2.71. The minimum absolute atomic E-state index is 0.0851. The Labute approximate surface area is 127 Å². The lowest BCUT2D eigenvalue weighted by molar-refractivity contribution is 0.0908. The van der Waals surface area contributed by atoms with Crippen LogP contribution in [0.2, 0.25) is 0 Å². The number of para-hydroxylation sites is 1. The predicted molar refractivity (Wildman–Crippen MR) is 87.3 cm³/mol. The van der Waals surface area contributed by atoms with Gasteiger partial charge in [0, 0.05) is 10.9 Å². The van der Waals surface area contributed by atoms with E-state index in [1.807, 2.05) is 18.2 Å². The fraction of sp³-hybridized carbons (Fsp3) is 0.556. The highest BCUT2D eigenvalue weighted by Gasteiger charge is 2.36. The molecule has 1 aliphatic rings. The fourth-order valence-electron chi connectivity index (χ4n) is 3.35. The van der Waals surface area contributed by atoms with Gasteiger partial charge in [-0.2, -0.15) is 0 Å². The van der Waals surface area contributed by atoms with Gasteiger partial charge in [0.25, 0.3) is 0 Å². The first kappa shape index (κ1) is 14.6. The van der Waals surface area contributed by atoms with E-state index in [1.165, 1.54) is 25.7 Å². The maximum absolute atomic E-state index is 6.58. The van der Waals surface area contributed by atoms with Crippen molar-refractivity contribution in [2.45, 2.75) is 51.1 Å². The molecule has 21 heavy (non-hydrogen) atoms. The van der Waals surface area contributed by atoms with E-state index in [4.69, 9.17) is 10.2 Å². The Morgan fingerprint density at radius 1 is 1.10 bits per heavy atom. The van der Waals surface area contributed by atoms with Crippen LogP contribution in [0.3, 0.4) is 0 Å². The van der Waals surface area contributed by atoms with E-state index in [2.05, 4.69) is 30.9 Å². The van der Waals surface area contributed by atoms with Crippen molar-refractivity contribution in [3.8, 4) is 0 Å². The lowest BCUT2D eigenvalue weighted by atomic mass is 9.90. The van der Waals surface area contributed by atoms with Crippen molar-refractivity contribution < 1.29 is 4.42 Å². The zero-order valence-electron chi connectivity index (χ0n) is 13.1. The standard InChI is InChI=1S/C18H26N2O/c1-18(2,20-11-7-3-4-8-12-20)17(19)16-13-14-9-5-6-10-15(14)21-16/h5-6,9-10,13,17H,3-4,7-8,11-12,19H2,1-2H3. The Morgan fingerprint density at radius 2 is 1.76 bits per heavy atom. The van der Waals surface area contributed by atoms with E-state index in [9.17, 15) is 0 Å². The molecule has 1 atom stereocenters. The molecule has 1 saturated heterocycles. The summed E-state index contributed by atoms with van der Waals surface area (Å²) in [6, 6.07) is 10.1. The maximum atomic E-state index is 6.58. The Morgan fingerprint density at radius 3 is 2.43 bits per heavy atom. The van der Waals surface area contributed by atoms with Crippen LogP contribution in [0.5, 0.6) is 0 Å². The van der Waals surface area contributed by atoms with Gasteiger partial charge in [0.15, 0.2) is 0 Å². The van der Waals surface area contributed by atoms with Gasteiger partial charge in [-0.1, -0.05) is 31.0 Å². The molecule has 0 spiro atoms. The minimum atomic E-state index is -0.108. The van der Waals surface area contributed by atoms with Crippen LogP contribution in [-0.4, -0.2) is 23.5 Å². The van der Waals surface area contributed by atoms with Gasteiger partial charge >= 0.3 is 0 Å². The molecule has 1 fully saturated rings. The molecular formula is C18H26N2O. The second-order valence-corrected chi connectivity index (χ2v) is 6.72. The summed E-state index contributed by atoms with van der Waals surface area (Å²) in [4.78, 5) is 2.54. The smallest absolute Gasteiger partial charge is 0.134 e. The van der Waals surface area contributed by atoms with Crippen LogP contribution < -0.4 is 5.73 Å². The van der Waals surface area contributed by atoms with Gasteiger partial charge in [-0.15, -0.1) is 0 Å². The minimum Gasteiger partial charge on any atom is -0.459 e. The van der Waals surface area contributed by atoms with Crippen LogP contribution in [0.1, 0.15) is 51.3 Å². The summed E-state index contributed by atoms with van der Waals surface area (Å²) in [5.41, 5.74) is 7.42. The molecule has 0 radical (unpaired) electrons. The van der Waals surface area contributed by atoms with Gasteiger partial charge in [0.2, 0.25) is 0 Å². The number of likely N-dealkylation sites (tertiary alicyclic amines) is 1. The highest BCUT2D eigenvalue weighted by atomic mass is 16.3. The van der Waals surface area contributed by atoms with Gasteiger partial charge in [-0.25, -0.2) is 0 Å². The zero-order chi connectivity index (χ0) is 14.9. The first-order chi connectivity index (χ1) is 10.1. The van der Waals surface area contributed by atoms with Crippen LogP contribution in [0.15, 0.2) is 34.7 Å². The third-order valence-electron chi connectivity index (χ3n) is 4.93. The van der Waals surface area contributed by atoms with Gasteiger partial charge < -0.3 is 10.2 Å². The van der Waals surface area contributed by atoms with Crippen molar-refractivity contribution >= 4 is 11.0 Å². The lowest BCUT2D eigenvalue weighted by Gasteiger charge is -2.41. The van der Waals surface area contributed by atoms with Gasteiger partial charge in [0.05, 0.1) is 6.04 Å². The monoisotopic (exact) mass is 286 g/mol. The number of nitrogens with two attached hydrogens (primary N) is 1. The number of hydrogen-bond donors (Lipinski definition) is 1. The molecule has 2 heterocycles. The molecule has 0 bridgehead atoms. The van der Waals surface area contributed by atoms with E-state index in [0.717, 1.165) is 29.8 Å². The third kappa shape index (κ3) is 2.85. The number of benzene rings is 1. The van der Waals surface area contributed by atoms with Crippen molar-refractivity contribution in [1.29, 1.82) is 0 Å². The van der Waals surface area contributed by atoms with E-state index in [1.54, 1.807) is 0 Å². The molecule has 114 valence electrons. The molecule has 0 aliphatic carbocycles. The number of hydrogen-bond acceptors (Lipinski definition) is 3. The molecule has 2 N–H and O–H groups in total. The van der Waals surface area contributed by atoms with Crippen LogP contribution in [0, 0.1) is 0 Å². The normalized spacial score (nSPS) is 19.6. The number of nitrogens with zero attached hydrogens (tertiary/aromatic N) is 1. The van der Waals surface area contributed by atoms with Crippen LogP contribution in [0.25, 0.3) is 11.0 Å². The van der Waals surface area contributed by atoms with Crippen molar-refractivity contribution in [3.63, 3.8) is 0 Å². The average molecular weight is 286 g/mol. The Balaban J connectivity index is 1.86.